The van der Waals surface area contributed by atoms with E-state index in [2.05, 4.69) is 10.6 Å². The van der Waals surface area contributed by atoms with Gasteiger partial charge in [0.2, 0.25) is 0 Å². The van der Waals surface area contributed by atoms with Gasteiger partial charge >= 0.3 is 12.0 Å². The van der Waals surface area contributed by atoms with Crippen molar-refractivity contribution in [3.05, 3.63) is 29.3 Å². The van der Waals surface area contributed by atoms with Gasteiger partial charge in [-0.05, 0) is 32.4 Å². The van der Waals surface area contributed by atoms with Crippen molar-refractivity contribution in [3.63, 3.8) is 0 Å². The van der Waals surface area contributed by atoms with Crippen LogP contribution in [0.25, 0.3) is 0 Å². The Hall–Kier alpha value is -2.18. The molecule has 1 rings (SSSR count). The number of carbonyl (C=O) groups is 2. The van der Waals surface area contributed by atoms with Crippen LogP contribution in [0.5, 0.6) is 0 Å². The van der Waals surface area contributed by atoms with Gasteiger partial charge in [-0.1, -0.05) is 6.07 Å². The van der Waals surface area contributed by atoms with Gasteiger partial charge in [-0.3, -0.25) is 4.79 Å². The number of carbonyl (C=O) groups excluding carboxylic acids is 1. The highest BCUT2D eigenvalue weighted by molar-refractivity contribution is 5.90. The first-order valence-corrected chi connectivity index (χ1v) is 5.99. The van der Waals surface area contributed by atoms with Crippen molar-refractivity contribution in [2.24, 2.45) is 5.92 Å². The SMILES string of the molecule is Cc1ccc(F)c(NC(=O)NC(C)C(C)C(=O)O)c1F. The van der Waals surface area contributed by atoms with Crippen molar-refractivity contribution < 1.29 is 23.5 Å². The fourth-order valence-corrected chi connectivity index (χ4v) is 1.47. The molecule has 2 amide bonds. The van der Waals surface area contributed by atoms with Gasteiger partial charge in [0, 0.05) is 6.04 Å². The molecule has 0 radical (unpaired) electrons. The zero-order valence-corrected chi connectivity index (χ0v) is 11.3. The number of carboxylic acids is 1. The number of urea groups is 1. The minimum absolute atomic E-state index is 0.189. The third kappa shape index (κ3) is 3.66. The van der Waals surface area contributed by atoms with Crippen LogP contribution < -0.4 is 10.6 Å². The predicted octanol–water partition coefficient (Wildman–Crippen LogP) is 2.50. The summed E-state index contributed by atoms with van der Waals surface area (Å²) < 4.78 is 27.1. The monoisotopic (exact) mass is 286 g/mol. The van der Waals surface area contributed by atoms with Crippen LogP contribution in [0.15, 0.2) is 12.1 Å². The first kappa shape index (κ1) is 15.9. The molecule has 0 saturated carbocycles. The second-order valence-corrected chi connectivity index (χ2v) is 4.57. The fraction of sp³-hybridized carbons (Fsp3) is 0.385. The van der Waals surface area contributed by atoms with Crippen molar-refractivity contribution in [2.75, 3.05) is 5.32 Å². The molecule has 3 N–H and O–H groups in total. The van der Waals surface area contributed by atoms with Crippen LogP contribution in [0, 0.1) is 24.5 Å². The molecule has 20 heavy (non-hydrogen) atoms. The van der Waals surface area contributed by atoms with Crippen LogP contribution in [-0.4, -0.2) is 23.1 Å². The summed E-state index contributed by atoms with van der Waals surface area (Å²) in [5, 5.41) is 13.2. The van der Waals surface area contributed by atoms with Crippen LogP contribution >= 0.6 is 0 Å². The van der Waals surface area contributed by atoms with E-state index in [9.17, 15) is 18.4 Å². The van der Waals surface area contributed by atoms with Crippen molar-refractivity contribution in [3.8, 4) is 0 Å². The van der Waals surface area contributed by atoms with Gasteiger partial charge in [-0.2, -0.15) is 0 Å². The third-order valence-electron chi connectivity index (χ3n) is 3.02. The van der Waals surface area contributed by atoms with Crippen molar-refractivity contribution in [1.29, 1.82) is 0 Å². The maximum Gasteiger partial charge on any atom is 0.319 e. The van der Waals surface area contributed by atoms with Crippen LogP contribution in [0.3, 0.4) is 0 Å². The number of carboxylic acid groups (broad SMARTS) is 1. The first-order valence-electron chi connectivity index (χ1n) is 5.99. The predicted molar refractivity (Wildman–Crippen MR) is 69.5 cm³/mol. The molecule has 110 valence electrons. The molecule has 1 aromatic carbocycles. The number of benzene rings is 1. The highest BCUT2D eigenvalue weighted by atomic mass is 19.1. The van der Waals surface area contributed by atoms with E-state index in [1.54, 1.807) is 0 Å². The van der Waals surface area contributed by atoms with Gasteiger partial charge in [-0.25, -0.2) is 13.6 Å². The first-order chi connectivity index (χ1) is 9.23. The quantitative estimate of drug-likeness (QED) is 0.795. The van der Waals surface area contributed by atoms with E-state index >= 15 is 0 Å². The standard InChI is InChI=1S/C13H16F2N2O3/c1-6-4-5-9(14)11(10(6)15)17-13(20)16-8(3)7(2)12(18)19/h4-5,7-8H,1-3H3,(H,18,19)(H2,16,17,20). The number of halogens is 2. The zero-order chi connectivity index (χ0) is 15.4. The van der Waals surface area contributed by atoms with E-state index < -0.39 is 41.3 Å². The molecule has 0 aliphatic heterocycles. The molecule has 0 spiro atoms. The topological polar surface area (TPSA) is 78.4 Å². The van der Waals surface area contributed by atoms with Crippen molar-refractivity contribution in [2.45, 2.75) is 26.8 Å². The summed E-state index contributed by atoms with van der Waals surface area (Å²) in [5.74, 6) is -3.67. The average molecular weight is 286 g/mol. The number of aryl methyl sites for hydroxylation is 1. The summed E-state index contributed by atoms with van der Waals surface area (Å²) in [6, 6.07) is 0.734. The number of aliphatic carboxylic acids is 1. The maximum atomic E-state index is 13.7. The highest BCUT2D eigenvalue weighted by Crippen LogP contribution is 2.21. The normalized spacial score (nSPS) is 13.4. The Balaban J connectivity index is 2.77. The molecule has 0 aliphatic rings. The second kappa shape index (κ2) is 6.31. The molecule has 7 heteroatoms. The molecule has 5 nitrogen and oxygen atoms in total. The lowest BCUT2D eigenvalue weighted by molar-refractivity contribution is -0.141. The van der Waals surface area contributed by atoms with Crippen LogP contribution in [0.4, 0.5) is 19.3 Å². The minimum Gasteiger partial charge on any atom is -0.481 e. The molecule has 0 saturated heterocycles. The van der Waals surface area contributed by atoms with Crippen LogP contribution in [0.1, 0.15) is 19.4 Å². The van der Waals surface area contributed by atoms with Crippen molar-refractivity contribution in [1.82, 2.24) is 5.32 Å². The summed E-state index contributed by atoms with van der Waals surface area (Å²) in [5.41, 5.74) is -0.369. The van der Waals surface area contributed by atoms with Crippen LogP contribution in [0.2, 0.25) is 0 Å². The van der Waals surface area contributed by atoms with Gasteiger partial charge in [0.05, 0.1) is 5.92 Å². The summed E-state index contributed by atoms with van der Waals surface area (Å²) in [4.78, 5) is 22.4. The van der Waals surface area contributed by atoms with E-state index in [0.29, 0.717) is 0 Å². The summed E-state index contributed by atoms with van der Waals surface area (Å²) in [6.45, 7) is 4.34. The number of anilines is 1. The lowest BCUT2D eigenvalue weighted by atomic mass is 10.0. The number of rotatable bonds is 4. The number of nitrogens with one attached hydrogen (secondary N) is 2. The van der Waals surface area contributed by atoms with Crippen LogP contribution in [-0.2, 0) is 4.79 Å². The largest absolute Gasteiger partial charge is 0.481 e. The summed E-state index contributed by atoms with van der Waals surface area (Å²) in [7, 11) is 0. The Kier molecular flexibility index (Phi) is 5.01. The Morgan fingerprint density at radius 2 is 1.85 bits per heavy atom. The average Bonchev–Trinajstić information content (AvgIpc) is 2.38. The summed E-state index contributed by atoms with van der Waals surface area (Å²) in [6.07, 6.45) is 0. The molecular formula is C13H16F2N2O3. The van der Waals surface area contributed by atoms with E-state index in [-0.39, 0.29) is 5.56 Å². The van der Waals surface area contributed by atoms with Gasteiger partial charge < -0.3 is 15.7 Å². The highest BCUT2D eigenvalue weighted by Gasteiger charge is 2.22. The number of hydrogen-bond acceptors (Lipinski definition) is 2. The van der Waals surface area contributed by atoms with Gasteiger partial charge in [0.15, 0.2) is 5.82 Å². The molecular weight excluding hydrogens is 270 g/mol. The Morgan fingerprint density at radius 3 is 2.40 bits per heavy atom. The lowest BCUT2D eigenvalue weighted by Crippen LogP contribution is -2.42. The maximum absolute atomic E-state index is 13.7. The minimum atomic E-state index is -1.08. The molecule has 0 bridgehead atoms. The molecule has 0 aliphatic carbocycles. The fourth-order valence-electron chi connectivity index (χ4n) is 1.47. The summed E-state index contributed by atoms with van der Waals surface area (Å²) >= 11 is 0. The lowest BCUT2D eigenvalue weighted by Gasteiger charge is -2.18. The van der Waals surface area contributed by atoms with Gasteiger partial charge in [-0.15, -0.1) is 0 Å². The molecule has 0 aromatic heterocycles. The molecule has 0 heterocycles. The van der Waals surface area contributed by atoms with Crippen molar-refractivity contribution >= 4 is 17.7 Å². The van der Waals surface area contributed by atoms with Gasteiger partial charge in [0.1, 0.15) is 11.5 Å². The Labute approximate surface area is 115 Å². The number of amides is 2. The molecule has 2 atom stereocenters. The molecule has 0 fully saturated rings. The third-order valence-corrected chi connectivity index (χ3v) is 3.02. The van der Waals surface area contributed by atoms with E-state index in [4.69, 9.17) is 5.11 Å². The van der Waals surface area contributed by atoms with Gasteiger partial charge in [0.25, 0.3) is 0 Å². The zero-order valence-electron chi connectivity index (χ0n) is 11.3. The van der Waals surface area contributed by atoms with E-state index in [1.165, 1.54) is 26.8 Å². The molecule has 2 unspecified atom stereocenters. The molecule has 1 aromatic rings. The Bertz CT molecular complexity index is 535. The number of hydrogen-bond donors (Lipinski definition) is 3. The second-order valence-electron chi connectivity index (χ2n) is 4.57. The smallest absolute Gasteiger partial charge is 0.319 e. The van der Waals surface area contributed by atoms with E-state index in [0.717, 1.165) is 6.07 Å². The Morgan fingerprint density at radius 1 is 1.25 bits per heavy atom. The van der Waals surface area contributed by atoms with E-state index in [1.807, 2.05) is 0 Å².